The summed E-state index contributed by atoms with van der Waals surface area (Å²) in [5.41, 5.74) is 1.78. The summed E-state index contributed by atoms with van der Waals surface area (Å²) in [4.78, 5) is 4.00. The van der Waals surface area contributed by atoms with Crippen molar-refractivity contribution in [2.75, 3.05) is 0 Å². The number of pyridine rings is 1. The SMILES string of the molecule is N#Cc1coc2cccnc12. The number of hydrogen-bond acceptors (Lipinski definition) is 3. The van der Waals surface area contributed by atoms with E-state index in [1.54, 1.807) is 18.3 Å². The zero-order chi connectivity index (χ0) is 7.68. The summed E-state index contributed by atoms with van der Waals surface area (Å²) in [5.74, 6) is 0. The van der Waals surface area contributed by atoms with Crippen molar-refractivity contribution < 1.29 is 4.42 Å². The second-order valence-electron chi connectivity index (χ2n) is 2.11. The van der Waals surface area contributed by atoms with Gasteiger partial charge in [-0.1, -0.05) is 0 Å². The molecule has 0 fully saturated rings. The molecule has 2 heterocycles. The van der Waals surface area contributed by atoms with E-state index in [0.717, 1.165) is 0 Å². The minimum Gasteiger partial charge on any atom is -0.461 e. The molecule has 0 saturated carbocycles. The molecule has 0 unspecified atom stereocenters. The molecular formula is C8H4N2O. The molecule has 11 heavy (non-hydrogen) atoms. The lowest BCUT2D eigenvalue weighted by Gasteiger charge is -1.82. The summed E-state index contributed by atoms with van der Waals surface area (Å²) in [6.45, 7) is 0. The normalized spacial score (nSPS) is 9.73. The minimum atomic E-state index is 0.487. The van der Waals surface area contributed by atoms with Crippen LogP contribution >= 0.6 is 0 Å². The highest BCUT2D eigenvalue weighted by molar-refractivity contribution is 5.78. The van der Waals surface area contributed by atoms with Gasteiger partial charge < -0.3 is 4.42 Å². The number of furan rings is 1. The molecule has 2 rings (SSSR count). The lowest BCUT2D eigenvalue weighted by atomic mass is 10.3. The first-order chi connectivity index (χ1) is 5.42. The maximum Gasteiger partial charge on any atom is 0.153 e. The smallest absolute Gasteiger partial charge is 0.153 e. The predicted molar refractivity (Wildman–Crippen MR) is 38.7 cm³/mol. The van der Waals surface area contributed by atoms with Gasteiger partial charge in [-0.15, -0.1) is 0 Å². The minimum absolute atomic E-state index is 0.487. The highest BCUT2D eigenvalue weighted by atomic mass is 16.3. The van der Waals surface area contributed by atoms with Gasteiger partial charge in [0, 0.05) is 6.20 Å². The van der Waals surface area contributed by atoms with Crippen LogP contribution in [0, 0.1) is 11.3 Å². The Morgan fingerprint density at radius 3 is 3.27 bits per heavy atom. The fourth-order valence-electron chi connectivity index (χ4n) is 0.945. The molecule has 0 spiro atoms. The predicted octanol–water partition coefficient (Wildman–Crippen LogP) is 1.70. The van der Waals surface area contributed by atoms with Crippen LogP contribution < -0.4 is 0 Å². The lowest BCUT2D eigenvalue weighted by Crippen LogP contribution is -1.73. The van der Waals surface area contributed by atoms with Crippen molar-refractivity contribution in [2.45, 2.75) is 0 Å². The van der Waals surface area contributed by atoms with Gasteiger partial charge in [0.2, 0.25) is 0 Å². The quantitative estimate of drug-likeness (QED) is 0.565. The number of nitriles is 1. The third-order valence-corrected chi connectivity index (χ3v) is 1.45. The molecule has 3 heteroatoms. The summed E-state index contributed by atoms with van der Waals surface area (Å²) in [6.07, 6.45) is 3.05. The molecule has 0 atom stereocenters. The first-order valence-corrected chi connectivity index (χ1v) is 3.14. The van der Waals surface area contributed by atoms with Crippen molar-refractivity contribution in [3.05, 3.63) is 30.2 Å². The van der Waals surface area contributed by atoms with Crippen LogP contribution in [0.25, 0.3) is 11.1 Å². The molecule has 0 aromatic carbocycles. The van der Waals surface area contributed by atoms with E-state index in [1.807, 2.05) is 6.07 Å². The monoisotopic (exact) mass is 144 g/mol. The maximum atomic E-state index is 8.57. The largest absolute Gasteiger partial charge is 0.461 e. The van der Waals surface area contributed by atoms with E-state index < -0.39 is 0 Å². The highest BCUT2D eigenvalue weighted by Crippen LogP contribution is 2.16. The van der Waals surface area contributed by atoms with E-state index in [1.165, 1.54) is 6.26 Å². The average molecular weight is 144 g/mol. The van der Waals surface area contributed by atoms with Crippen molar-refractivity contribution >= 4 is 11.1 Å². The Labute approximate surface area is 62.9 Å². The standard InChI is InChI=1S/C8H4N2O/c9-4-6-5-11-7-2-1-3-10-8(6)7/h1-3,5H. The van der Waals surface area contributed by atoms with Crippen LogP contribution in [-0.2, 0) is 0 Å². The molecule has 0 aliphatic heterocycles. The van der Waals surface area contributed by atoms with E-state index in [9.17, 15) is 0 Å². The first kappa shape index (κ1) is 5.93. The molecule has 2 aromatic heterocycles. The number of rotatable bonds is 0. The zero-order valence-electron chi connectivity index (χ0n) is 5.61. The fourth-order valence-corrected chi connectivity index (χ4v) is 0.945. The molecule has 52 valence electrons. The average Bonchev–Trinajstić information content (AvgIpc) is 2.47. The molecule has 0 N–H and O–H groups in total. The maximum absolute atomic E-state index is 8.57. The Balaban J connectivity index is 2.89. The highest BCUT2D eigenvalue weighted by Gasteiger charge is 2.03. The summed E-state index contributed by atoms with van der Waals surface area (Å²) in [5, 5.41) is 8.57. The molecule has 0 saturated heterocycles. The second-order valence-corrected chi connectivity index (χ2v) is 2.11. The van der Waals surface area contributed by atoms with Crippen molar-refractivity contribution in [1.82, 2.24) is 4.98 Å². The van der Waals surface area contributed by atoms with Crippen LogP contribution in [0.4, 0.5) is 0 Å². The molecule has 0 bridgehead atoms. The van der Waals surface area contributed by atoms with Gasteiger partial charge in [-0.2, -0.15) is 5.26 Å². The third-order valence-electron chi connectivity index (χ3n) is 1.45. The Morgan fingerprint density at radius 2 is 2.45 bits per heavy atom. The van der Waals surface area contributed by atoms with Gasteiger partial charge in [0.25, 0.3) is 0 Å². The molecule has 3 nitrogen and oxygen atoms in total. The van der Waals surface area contributed by atoms with E-state index in [-0.39, 0.29) is 0 Å². The third kappa shape index (κ3) is 0.767. The number of hydrogen-bond donors (Lipinski definition) is 0. The Bertz CT molecular complexity index is 425. The molecule has 0 amide bonds. The van der Waals surface area contributed by atoms with Crippen LogP contribution in [0.15, 0.2) is 29.0 Å². The van der Waals surface area contributed by atoms with Crippen LogP contribution in [0.5, 0.6) is 0 Å². The summed E-state index contributed by atoms with van der Waals surface area (Å²) in [7, 11) is 0. The van der Waals surface area contributed by atoms with Crippen LogP contribution in [0.3, 0.4) is 0 Å². The Morgan fingerprint density at radius 1 is 1.55 bits per heavy atom. The van der Waals surface area contributed by atoms with Gasteiger partial charge >= 0.3 is 0 Å². The number of aromatic nitrogens is 1. The fraction of sp³-hybridized carbons (Fsp3) is 0. The molecule has 0 aliphatic carbocycles. The van der Waals surface area contributed by atoms with E-state index in [2.05, 4.69) is 4.98 Å². The van der Waals surface area contributed by atoms with Crippen molar-refractivity contribution in [3.63, 3.8) is 0 Å². The first-order valence-electron chi connectivity index (χ1n) is 3.14. The summed E-state index contributed by atoms with van der Waals surface area (Å²) < 4.78 is 5.05. The van der Waals surface area contributed by atoms with Crippen LogP contribution in [0.1, 0.15) is 5.56 Å². The molecular weight excluding hydrogens is 140 g/mol. The van der Waals surface area contributed by atoms with E-state index >= 15 is 0 Å². The Hall–Kier alpha value is -1.82. The molecule has 0 aliphatic rings. The summed E-state index contributed by atoms with van der Waals surface area (Å²) in [6, 6.07) is 5.55. The summed E-state index contributed by atoms with van der Waals surface area (Å²) >= 11 is 0. The Kier molecular flexibility index (Phi) is 1.13. The van der Waals surface area contributed by atoms with Gasteiger partial charge in [0.15, 0.2) is 5.58 Å². The van der Waals surface area contributed by atoms with Crippen molar-refractivity contribution in [3.8, 4) is 6.07 Å². The van der Waals surface area contributed by atoms with Crippen LogP contribution in [0.2, 0.25) is 0 Å². The van der Waals surface area contributed by atoms with E-state index in [0.29, 0.717) is 16.7 Å². The van der Waals surface area contributed by atoms with Gasteiger partial charge in [0.05, 0.1) is 0 Å². The second kappa shape index (κ2) is 2.10. The van der Waals surface area contributed by atoms with Crippen molar-refractivity contribution in [1.29, 1.82) is 5.26 Å². The topological polar surface area (TPSA) is 49.8 Å². The van der Waals surface area contributed by atoms with E-state index in [4.69, 9.17) is 9.68 Å². The molecule has 2 aromatic rings. The molecule has 0 radical (unpaired) electrons. The van der Waals surface area contributed by atoms with Gasteiger partial charge in [0.1, 0.15) is 23.4 Å². The van der Waals surface area contributed by atoms with Crippen molar-refractivity contribution in [2.24, 2.45) is 0 Å². The zero-order valence-corrected chi connectivity index (χ0v) is 5.61. The lowest BCUT2D eigenvalue weighted by molar-refractivity contribution is 0.614. The number of fused-ring (bicyclic) bond motifs is 1. The van der Waals surface area contributed by atoms with Gasteiger partial charge in [-0.3, -0.25) is 4.98 Å². The van der Waals surface area contributed by atoms with Gasteiger partial charge in [-0.25, -0.2) is 0 Å². The van der Waals surface area contributed by atoms with Crippen LogP contribution in [-0.4, -0.2) is 4.98 Å². The number of nitrogens with zero attached hydrogens (tertiary/aromatic N) is 2. The van der Waals surface area contributed by atoms with Gasteiger partial charge in [-0.05, 0) is 12.1 Å².